The number of nitrogens with two attached hydrogens (primary N) is 4. The number of likely N-dealkylation sites (tertiary alicyclic amines) is 1. The highest BCUT2D eigenvalue weighted by atomic mass is 16.4. The van der Waals surface area contributed by atoms with Crippen LogP contribution in [0.15, 0.2) is 4.99 Å². The van der Waals surface area contributed by atoms with Gasteiger partial charge in [-0.2, -0.15) is 0 Å². The van der Waals surface area contributed by atoms with Gasteiger partial charge in [0, 0.05) is 19.5 Å². The summed E-state index contributed by atoms with van der Waals surface area (Å²) in [5.41, 5.74) is 21.6. The lowest BCUT2D eigenvalue weighted by Crippen LogP contribution is -2.58. The standard InChI is InChI=1S/C22H40N8O6/c1-3-12(2)17(20(34)30-11-5-7-15(30)21(35)36)29-19(33)14(6-4-10-27-22(25)26)28-18(32)13(23)8-9-16(24)31/h12-15,17H,3-11,23H2,1-2H3,(H2,24,31)(H,28,32)(H,29,33)(H,35,36)(H4,25,26,27). The second kappa shape index (κ2) is 14.9. The Bertz CT molecular complexity index is 831. The minimum absolute atomic E-state index is 0.00300. The van der Waals surface area contributed by atoms with Crippen LogP contribution in [0.4, 0.5) is 0 Å². The van der Waals surface area contributed by atoms with Crippen LogP contribution in [0.2, 0.25) is 0 Å². The van der Waals surface area contributed by atoms with Crippen molar-refractivity contribution in [1.82, 2.24) is 15.5 Å². The number of aliphatic carboxylic acids is 1. The first-order valence-corrected chi connectivity index (χ1v) is 12.1. The van der Waals surface area contributed by atoms with Gasteiger partial charge in [-0.05, 0) is 38.0 Å². The van der Waals surface area contributed by atoms with Crippen LogP contribution >= 0.6 is 0 Å². The predicted molar refractivity (Wildman–Crippen MR) is 132 cm³/mol. The number of rotatable bonds is 15. The van der Waals surface area contributed by atoms with Crippen LogP contribution in [0.1, 0.15) is 58.8 Å². The van der Waals surface area contributed by atoms with E-state index in [4.69, 9.17) is 22.9 Å². The number of aliphatic imine (C=N–C) groups is 1. The average Bonchev–Trinajstić information content (AvgIpc) is 3.31. The van der Waals surface area contributed by atoms with Gasteiger partial charge >= 0.3 is 5.97 Å². The molecule has 0 aliphatic carbocycles. The van der Waals surface area contributed by atoms with E-state index >= 15 is 0 Å². The maximum Gasteiger partial charge on any atom is 0.326 e. The van der Waals surface area contributed by atoms with Crippen molar-refractivity contribution in [2.45, 2.75) is 83.0 Å². The maximum atomic E-state index is 13.3. The first-order chi connectivity index (χ1) is 16.9. The Hall–Kier alpha value is -3.42. The van der Waals surface area contributed by atoms with Gasteiger partial charge in [-0.3, -0.25) is 24.2 Å². The predicted octanol–water partition coefficient (Wildman–Crippen LogP) is -2.28. The maximum absolute atomic E-state index is 13.3. The molecule has 1 aliphatic heterocycles. The fourth-order valence-corrected chi connectivity index (χ4v) is 3.88. The molecule has 1 aliphatic rings. The van der Waals surface area contributed by atoms with E-state index in [9.17, 15) is 29.1 Å². The summed E-state index contributed by atoms with van der Waals surface area (Å²) in [6.07, 6.45) is 1.82. The van der Waals surface area contributed by atoms with Crippen LogP contribution in [0.3, 0.4) is 0 Å². The van der Waals surface area contributed by atoms with E-state index in [1.165, 1.54) is 4.90 Å². The highest BCUT2D eigenvalue weighted by Crippen LogP contribution is 2.21. The summed E-state index contributed by atoms with van der Waals surface area (Å²) >= 11 is 0. The smallest absolute Gasteiger partial charge is 0.326 e. The van der Waals surface area contributed by atoms with Gasteiger partial charge in [-0.25, -0.2) is 4.79 Å². The Morgan fingerprint density at radius 1 is 1.08 bits per heavy atom. The molecule has 0 bridgehead atoms. The van der Waals surface area contributed by atoms with Gasteiger partial charge in [0.05, 0.1) is 6.04 Å². The molecule has 1 fully saturated rings. The Labute approximate surface area is 210 Å². The molecule has 36 heavy (non-hydrogen) atoms. The SMILES string of the molecule is CCC(C)C(NC(=O)C(CCCN=C(N)N)NC(=O)C(N)CCC(N)=O)C(=O)N1CCCC1C(=O)O. The zero-order chi connectivity index (χ0) is 27.4. The van der Waals surface area contributed by atoms with Crippen molar-refractivity contribution in [3.63, 3.8) is 0 Å². The highest BCUT2D eigenvalue weighted by molar-refractivity contribution is 5.94. The van der Waals surface area contributed by atoms with Crippen molar-refractivity contribution in [1.29, 1.82) is 0 Å². The molecule has 1 heterocycles. The lowest BCUT2D eigenvalue weighted by Gasteiger charge is -2.31. The van der Waals surface area contributed by atoms with Gasteiger partial charge in [-0.1, -0.05) is 20.3 Å². The minimum atomic E-state index is -1.09. The number of carbonyl (C=O) groups excluding carboxylic acids is 4. The summed E-state index contributed by atoms with van der Waals surface area (Å²) in [6, 6.07) is -4.07. The normalized spacial score (nSPS) is 18.4. The van der Waals surface area contributed by atoms with Crippen LogP contribution < -0.4 is 33.6 Å². The summed E-state index contributed by atoms with van der Waals surface area (Å²) in [5.74, 6) is -3.88. The van der Waals surface area contributed by atoms with E-state index < -0.39 is 53.8 Å². The van der Waals surface area contributed by atoms with Crippen LogP contribution in [0.5, 0.6) is 0 Å². The molecular weight excluding hydrogens is 472 g/mol. The molecule has 0 saturated carbocycles. The van der Waals surface area contributed by atoms with Crippen molar-refractivity contribution in [3.8, 4) is 0 Å². The average molecular weight is 513 g/mol. The third-order valence-corrected chi connectivity index (χ3v) is 6.21. The lowest BCUT2D eigenvalue weighted by atomic mass is 9.96. The number of hydrogen-bond acceptors (Lipinski definition) is 7. The van der Waals surface area contributed by atoms with Gasteiger partial charge in [0.2, 0.25) is 23.6 Å². The number of nitrogens with zero attached hydrogens (tertiary/aromatic N) is 2. The van der Waals surface area contributed by atoms with E-state index in [1.54, 1.807) is 6.92 Å². The third kappa shape index (κ3) is 9.68. The summed E-state index contributed by atoms with van der Waals surface area (Å²) in [5, 5.41) is 14.7. The highest BCUT2D eigenvalue weighted by Gasteiger charge is 2.39. The van der Waals surface area contributed by atoms with Crippen molar-refractivity contribution < 1.29 is 29.1 Å². The van der Waals surface area contributed by atoms with Crippen molar-refractivity contribution in [2.75, 3.05) is 13.1 Å². The summed E-state index contributed by atoms with van der Waals surface area (Å²) in [7, 11) is 0. The molecule has 1 rings (SSSR count). The molecule has 14 nitrogen and oxygen atoms in total. The number of carboxylic acid groups (broad SMARTS) is 1. The first-order valence-electron chi connectivity index (χ1n) is 12.1. The first kappa shape index (κ1) is 30.6. The van der Waals surface area contributed by atoms with E-state index in [1.807, 2.05) is 6.92 Å². The van der Waals surface area contributed by atoms with E-state index in [2.05, 4.69) is 15.6 Å². The van der Waals surface area contributed by atoms with Crippen LogP contribution in [0, 0.1) is 5.92 Å². The fourth-order valence-electron chi connectivity index (χ4n) is 3.88. The monoisotopic (exact) mass is 512 g/mol. The van der Waals surface area contributed by atoms with Crippen LogP contribution in [-0.2, 0) is 24.0 Å². The van der Waals surface area contributed by atoms with Gasteiger partial charge in [0.1, 0.15) is 18.1 Å². The molecule has 4 amide bonds. The number of nitrogens with one attached hydrogen (secondary N) is 2. The number of hydrogen-bond donors (Lipinski definition) is 7. The molecule has 1 saturated heterocycles. The zero-order valence-electron chi connectivity index (χ0n) is 20.9. The molecule has 5 unspecified atom stereocenters. The van der Waals surface area contributed by atoms with Gasteiger partial charge < -0.3 is 43.6 Å². The van der Waals surface area contributed by atoms with Crippen molar-refractivity contribution >= 4 is 35.6 Å². The van der Waals surface area contributed by atoms with E-state index in [0.717, 1.165) is 0 Å². The van der Waals surface area contributed by atoms with Crippen LogP contribution in [0.25, 0.3) is 0 Å². The minimum Gasteiger partial charge on any atom is -0.480 e. The second-order valence-electron chi connectivity index (χ2n) is 9.02. The van der Waals surface area contributed by atoms with E-state index in [-0.39, 0.29) is 44.2 Å². The zero-order valence-corrected chi connectivity index (χ0v) is 20.9. The molecule has 0 spiro atoms. The molecule has 0 aromatic rings. The number of primary amides is 1. The molecule has 0 radical (unpaired) electrons. The lowest BCUT2D eigenvalue weighted by molar-refractivity contribution is -0.150. The number of guanidine groups is 1. The van der Waals surface area contributed by atoms with Gasteiger partial charge in [0.15, 0.2) is 5.96 Å². The Kier molecular flexibility index (Phi) is 12.6. The summed E-state index contributed by atoms with van der Waals surface area (Å²) in [4.78, 5) is 66.8. The number of carboxylic acids is 1. The quantitative estimate of drug-likeness (QED) is 0.0708. The summed E-state index contributed by atoms with van der Waals surface area (Å²) in [6.45, 7) is 4.12. The molecule has 0 aromatic heterocycles. The Morgan fingerprint density at radius 3 is 2.31 bits per heavy atom. The molecule has 5 atom stereocenters. The number of amides is 4. The molecule has 11 N–H and O–H groups in total. The molecular formula is C22H40N8O6. The van der Waals surface area contributed by atoms with Crippen molar-refractivity contribution in [2.24, 2.45) is 33.8 Å². The molecule has 14 heteroatoms. The fraction of sp³-hybridized carbons (Fsp3) is 0.727. The largest absolute Gasteiger partial charge is 0.480 e. The Morgan fingerprint density at radius 2 is 1.75 bits per heavy atom. The summed E-state index contributed by atoms with van der Waals surface area (Å²) < 4.78 is 0. The molecule has 204 valence electrons. The third-order valence-electron chi connectivity index (χ3n) is 6.21. The van der Waals surface area contributed by atoms with Crippen LogP contribution in [-0.4, -0.2) is 82.8 Å². The number of carbonyl (C=O) groups is 5. The topological polar surface area (TPSA) is 249 Å². The second-order valence-corrected chi connectivity index (χ2v) is 9.02. The molecule has 0 aromatic carbocycles. The van der Waals surface area contributed by atoms with Gasteiger partial charge in [0.25, 0.3) is 0 Å². The van der Waals surface area contributed by atoms with Gasteiger partial charge in [-0.15, -0.1) is 0 Å². The Balaban J connectivity index is 3.04. The van der Waals surface area contributed by atoms with Crippen molar-refractivity contribution in [3.05, 3.63) is 0 Å². The van der Waals surface area contributed by atoms with E-state index in [0.29, 0.717) is 25.7 Å².